The molecule has 0 saturated heterocycles. The average Bonchev–Trinajstić information content (AvgIpc) is 2.54. The van der Waals surface area contributed by atoms with Gasteiger partial charge in [0.1, 0.15) is 5.75 Å². The average molecular weight is 248 g/mol. The molecule has 0 amide bonds. The van der Waals surface area contributed by atoms with Crippen molar-refractivity contribution in [3.8, 4) is 5.75 Å². The van der Waals surface area contributed by atoms with Crippen LogP contribution < -0.4 is 10.5 Å². The van der Waals surface area contributed by atoms with Crippen LogP contribution in [-0.2, 0) is 5.54 Å². The van der Waals surface area contributed by atoms with E-state index in [1.807, 2.05) is 0 Å². The van der Waals surface area contributed by atoms with E-state index in [0.29, 0.717) is 6.54 Å². The topological polar surface area (TPSA) is 38.5 Å². The molecule has 1 aliphatic rings. The molecule has 3 heteroatoms. The maximum atomic E-state index is 6.11. The second-order valence-electron chi connectivity index (χ2n) is 5.47. The highest BCUT2D eigenvalue weighted by Crippen LogP contribution is 2.41. The third kappa shape index (κ3) is 1.91. The first kappa shape index (κ1) is 13.4. The second-order valence-corrected chi connectivity index (χ2v) is 5.47. The van der Waals surface area contributed by atoms with Gasteiger partial charge in [0.05, 0.1) is 12.1 Å². The molecule has 2 N–H and O–H groups in total. The monoisotopic (exact) mass is 248 g/mol. The predicted octanol–water partition coefficient (Wildman–Crippen LogP) is 2.19. The Kier molecular flexibility index (Phi) is 3.64. The lowest BCUT2D eigenvalue weighted by molar-refractivity contribution is 0.147. The van der Waals surface area contributed by atoms with Crippen LogP contribution in [0.4, 0.5) is 0 Å². The van der Waals surface area contributed by atoms with Gasteiger partial charge in [0, 0.05) is 12.1 Å². The fourth-order valence-electron chi connectivity index (χ4n) is 2.88. The van der Waals surface area contributed by atoms with Crippen molar-refractivity contribution in [1.29, 1.82) is 0 Å². The molecule has 1 unspecified atom stereocenters. The number of ether oxygens (including phenoxy) is 1. The lowest BCUT2D eigenvalue weighted by Gasteiger charge is -2.39. The molecule has 1 aromatic rings. The zero-order chi connectivity index (χ0) is 13.3. The number of rotatable bonds is 2. The maximum Gasteiger partial charge on any atom is 0.127 e. The number of nitrogens with two attached hydrogens (primary N) is 1. The molecule has 0 spiro atoms. The van der Waals surface area contributed by atoms with Crippen LogP contribution in [0.1, 0.15) is 29.5 Å². The minimum atomic E-state index is -0.0930. The summed E-state index contributed by atoms with van der Waals surface area (Å²) in [7, 11) is 4.22. The van der Waals surface area contributed by atoms with Gasteiger partial charge >= 0.3 is 0 Å². The molecule has 0 radical (unpaired) electrons. The molecular formula is C15H24N2O. The molecule has 0 fully saturated rings. The van der Waals surface area contributed by atoms with Gasteiger partial charge in [-0.25, -0.2) is 0 Å². The molecule has 2 rings (SSSR count). The van der Waals surface area contributed by atoms with E-state index in [2.05, 4.69) is 45.0 Å². The lowest BCUT2D eigenvalue weighted by Crippen LogP contribution is -2.47. The van der Waals surface area contributed by atoms with Crippen LogP contribution >= 0.6 is 0 Å². The van der Waals surface area contributed by atoms with Crippen molar-refractivity contribution in [2.75, 3.05) is 27.2 Å². The SMILES string of the molecule is Cc1ccc2c(c1C)OCCCC2(CN)N(C)C. The van der Waals surface area contributed by atoms with Crippen LogP contribution in [0.25, 0.3) is 0 Å². The number of benzene rings is 1. The number of likely N-dealkylation sites (N-methyl/N-ethyl adjacent to an activating group) is 1. The van der Waals surface area contributed by atoms with Crippen LogP contribution in [0.2, 0.25) is 0 Å². The van der Waals surface area contributed by atoms with E-state index in [-0.39, 0.29) is 5.54 Å². The Labute approximate surface area is 110 Å². The van der Waals surface area contributed by atoms with Gasteiger partial charge in [0.15, 0.2) is 0 Å². The Morgan fingerprint density at radius 1 is 1.33 bits per heavy atom. The molecule has 18 heavy (non-hydrogen) atoms. The highest BCUT2D eigenvalue weighted by molar-refractivity contribution is 5.49. The maximum absolute atomic E-state index is 6.11. The zero-order valence-electron chi connectivity index (χ0n) is 11.9. The summed E-state index contributed by atoms with van der Waals surface area (Å²) in [6.45, 7) is 5.67. The molecule has 0 bridgehead atoms. The summed E-state index contributed by atoms with van der Waals surface area (Å²) < 4.78 is 5.99. The summed E-state index contributed by atoms with van der Waals surface area (Å²) in [4.78, 5) is 2.25. The van der Waals surface area contributed by atoms with Crippen LogP contribution in [-0.4, -0.2) is 32.1 Å². The molecule has 0 saturated carbocycles. The van der Waals surface area contributed by atoms with E-state index in [0.717, 1.165) is 25.2 Å². The van der Waals surface area contributed by atoms with Crippen LogP contribution in [0.3, 0.4) is 0 Å². The first-order chi connectivity index (χ1) is 8.53. The quantitative estimate of drug-likeness (QED) is 0.872. The van der Waals surface area contributed by atoms with Crippen molar-refractivity contribution in [2.24, 2.45) is 5.73 Å². The van der Waals surface area contributed by atoms with Gasteiger partial charge < -0.3 is 10.5 Å². The molecule has 3 nitrogen and oxygen atoms in total. The zero-order valence-corrected chi connectivity index (χ0v) is 11.9. The van der Waals surface area contributed by atoms with E-state index in [9.17, 15) is 0 Å². The molecule has 0 aromatic heterocycles. The predicted molar refractivity (Wildman–Crippen MR) is 75.1 cm³/mol. The van der Waals surface area contributed by atoms with Gasteiger partial charge in [0.2, 0.25) is 0 Å². The highest BCUT2D eigenvalue weighted by atomic mass is 16.5. The van der Waals surface area contributed by atoms with Gasteiger partial charge in [-0.3, -0.25) is 4.90 Å². The van der Waals surface area contributed by atoms with E-state index in [1.54, 1.807) is 0 Å². The minimum absolute atomic E-state index is 0.0930. The van der Waals surface area contributed by atoms with Gasteiger partial charge in [-0.1, -0.05) is 12.1 Å². The third-order valence-electron chi connectivity index (χ3n) is 4.35. The number of aryl methyl sites for hydroxylation is 1. The fourth-order valence-corrected chi connectivity index (χ4v) is 2.88. The fraction of sp³-hybridized carbons (Fsp3) is 0.600. The minimum Gasteiger partial charge on any atom is -0.493 e. The summed E-state index contributed by atoms with van der Waals surface area (Å²) in [6.07, 6.45) is 2.09. The number of hydrogen-bond acceptors (Lipinski definition) is 3. The summed E-state index contributed by atoms with van der Waals surface area (Å²) in [5.41, 5.74) is 9.79. The van der Waals surface area contributed by atoms with Crippen molar-refractivity contribution < 1.29 is 4.74 Å². The Bertz CT molecular complexity index is 442. The van der Waals surface area contributed by atoms with Crippen molar-refractivity contribution in [2.45, 2.75) is 32.2 Å². The van der Waals surface area contributed by atoms with Crippen molar-refractivity contribution in [1.82, 2.24) is 4.90 Å². The summed E-state index contributed by atoms with van der Waals surface area (Å²) in [6, 6.07) is 4.37. The lowest BCUT2D eigenvalue weighted by atomic mass is 9.83. The number of nitrogens with zero attached hydrogens (tertiary/aromatic N) is 1. The van der Waals surface area contributed by atoms with Crippen LogP contribution in [0.15, 0.2) is 12.1 Å². The van der Waals surface area contributed by atoms with Gasteiger partial charge in [-0.15, -0.1) is 0 Å². The first-order valence-electron chi connectivity index (χ1n) is 6.64. The molecular weight excluding hydrogens is 224 g/mol. The summed E-state index contributed by atoms with van der Waals surface area (Å²) in [5.74, 6) is 1.05. The Morgan fingerprint density at radius 2 is 2.06 bits per heavy atom. The summed E-state index contributed by atoms with van der Waals surface area (Å²) >= 11 is 0. The molecule has 1 atom stereocenters. The number of fused-ring (bicyclic) bond motifs is 1. The molecule has 1 aromatic carbocycles. The van der Waals surface area contributed by atoms with E-state index < -0.39 is 0 Å². The summed E-state index contributed by atoms with van der Waals surface area (Å²) in [5, 5.41) is 0. The van der Waals surface area contributed by atoms with E-state index in [4.69, 9.17) is 10.5 Å². The van der Waals surface area contributed by atoms with E-state index in [1.165, 1.54) is 16.7 Å². The number of hydrogen-bond donors (Lipinski definition) is 1. The Morgan fingerprint density at radius 3 is 2.67 bits per heavy atom. The Balaban J connectivity index is 2.65. The Hall–Kier alpha value is -1.06. The standard InChI is InChI=1S/C15H24N2O/c1-11-6-7-13-14(12(11)2)18-9-5-8-15(13,10-16)17(3)4/h6-7H,5,8-10,16H2,1-4H3. The van der Waals surface area contributed by atoms with Gasteiger partial charge in [-0.05, 0) is 51.9 Å². The van der Waals surface area contributed by atoms with Crippen molar-refractivity contribution in [3.05, 3.63) is 28.8 Å². The molecule has 1 heterocycles. The first-order valence-corrected chi connectivity index (χ1v) is 6.64. The third-order valence-corrected chi connectivity index (χ3v) is 4.35. The normalized spacial score (nSPS) is 23.4. The van der Waals surface area contributed by atoms with Crippen molar-refractivity contribution >= 4 is 0 Å². The van der Waals surface area contributed by atoms with Crippen LogP contribution in [0, 0.1) is 13.8 Å². The van der Waals surface area contributed by atoms with Crippen LogP contribution in [0.5, 0.6) is 5.75 Å². The molecule has 1 aliphatic heterocycles. The molecule has 0 aliphatic carbocycles. The smallest absolute Gasteiger partial charge is 0.127 e. The van der Waals surface area contributed by atoms with Crippen molar-refractivity contribution in [3.63, 3.8) is 0 Å². The van der Waals surface area contributed by atoms with Gasteiger partial charge in [-0.2, -0.15) is 0 Å². The largest absolute Gasteiger partial charge is 0.493 e. The second kappa shape index (κ2) is 4.90. The highest BCUT2D eigenvalue weighted by Gasteiger charge is 2.37. The van der Waals surface area contributed by atoms with Gasteiger partial charge in [0.25, 0.3) is 0 Å². The molecule has 100 valence electrons. The van der Waals surface area contributed by atoms with E-state index >= 15 is 0 Å².